The molecule has 2 rings (SSSR count). The number of hydrogen-bond acceptors (Lipinski definition) is 3. The number of amides is 1. The van der Waals surface area contributed by atoms with Crippen molar-refractivity contribution in [3.05, 3.63) is 41.6 Å². The van der Waals surface area contributed by atoms with E-state index in [-0.39, 0.29) is 11.9 Å². The third-order valence-corrected chi connectivity index (χ3v) is 3.18. The van der Waals surface area contributed by atoms with Gasteiger partial charge in [-0.05, 0) is 38.5 Å². The van der Waals surface area contributed by atoms with Crippen LogP contribution in [0.2, 0.25) is 0 Å². The van der Waals surface area contributed by atoms with Crippen molar-refractivity contribution in [3.8, 4) is 0 Å². The molecule has 5 heteroatoms. The molecule has 108 valence electrons. The zero-order chi connectivity index (χ0) is 14.5. The van der Waals surface area contributed by atoms with Crippen LogP contribution in [-0.2, 0) is 4.79 Å². The monoisotopic (exact) mass is 275 g/mol. The predicted octanol–water partition coefficient (Wildman–Crippen LogP) is 2.60. The Labute approximate surface area is 119 Å². The summed E-state index contributed by atoms with van der Waals surface area (Å²) in [5.74, 6) is 0.860. The Morgan fingerprint density at radius 1 is 1.50 bits per heavy atom. The molecule has 2 aromatic rings. The second-order valence-corrected chi connectivity index (χ2v) is 4.96. The Morgan fingerprint density at radius 2 is 2.30 bits per heavy atom. The number of carbonyl (C=O) groups is 1. The van der Waals surface area contributed by atoms with Gasteiger partial charge in [0.25, 0.3) is 0 Å². The van der Waals surface area contributed by atoms with Gasteiger partial charge in [0.05, 0.1) is 12.0 Å². The zero-order valence-electron chi connectivity index (χ0n) is 12.2. The van der Waals surface area contributed by atoms with Gasteiger partial charge in [-0.2, -0.15) is 5.10 Å². The van der Waals surface area contributed by atoms with Crippen molar-refractivity contribution in [2.24, 2.45) is 0 Å². The maximum Gasteiger partial charge on any atom is 0.220 e. The largest absolute Gasteiger partial charge is 0.467 e. The van der Waals surface area contributed by atoms with E-state index in [2.05, 4.69) is 10.4 Å². The fourth-order valence-corrected chi connectivity index (χ4v) is 2.28. The van der Waals surface area contributed by atoms with Crippen molar-refractivity contribution in [2.75, 3.05) is 6.54 Å². The van der Waals surface area contributed by atoms with E-state index in [1.54, 1.807) is 6.26 Å². The number of carbonyl (C=O) groups excluding carboxylic acids is 1. The van der Waals surface area contributed by atoms with Crippen LogP contribution in [-0.4, -0.2) is 22.2 Å². The molecule has 5 nitrogen and oxygen atoms in total. The summed E-state index contributed by atoms with van der Waals surface area (Å²) in [5, 5.41) is 7.44. The molecule has 20 heavy (non-hydrogen) atoms. The lowest BCUT2D eigenvalue weighted by molar-refractivity contribution is -0.121. The summed E-state index contributed by atoms with van der Waals surface area (Å²) >= 11 is 0. The molecule has 0 spiro atoms. The summed E-state index contributed by atoms with van der Waals surface area (Å²) in [7, 11) is 0. The molecule has 0 saturated heterocycles. The molecule has 2 heterocycles. The molecule has 0 fully saturated rings. The minimum Gasteiger partial charge on any atom is -0.467 e. The van der Waals surface area contributed by atoms with Crippen LogP contribution in [0, 0.1) is 13.8 Å². The van der Waals surface area contributed by atoms with E-state index in [9.17, 15) is 4.79 Å². The summed E-state index contributed by atoms with van der Waals surface area (Å²) in [6.45, 7) is 6.43. The highest BCUT2D eigenvalue weighted by atomic mass is 16.3. The molecule has 0 bridgehead atoms. The van der Waals surface area contributed by atoms with E-state index in [0.29, 0.717) is 13.0 Å². The lowest BCUT2D eigenvalue weighted by Gasteiger charge is -2.18. The third kappa shape index (κ3) is 3.29. The van der Waals surface area contributed by atoms with Crippen LogP contribution in [0.1, 0.15) is 43.0 Å². The van der Waals surface area contributed by atoms with Gasteiger partial charge in [-0.1, -0.05) is 6.92 Å². The highest BCUT2D eigenvalue weighted by Gasteiger charge is 2.20. The van der Waals surface area contributed by atoms with Gasteiger partial charge < -0.3 is 9.73 Å². The molecule has 2 aromatic heterocycles. The first-order valence-corrected chi connectivity index (χ1v) is 6.94. The molecule has 1 N–H and O–H groups in total. The van der Waals surface area contributed by atoms with Crippen LogP contribution in [0.15, 0.2) is 28.9 Å². The number of furan rings is 1. The topological polar surface area (TPSA) is 60.1 Å². The maximum atomic E-state index is 11.7. The van der Waals surface area contributed by atoms with Gasteiger partial charge >= 0.3 is 0 Å². The molecule has 0 radical (unpaired) electrons. The molecule has 0 aliphatic rings. The van der Waals surface area contributed by atoms with Gasteiger partial charge in [0.2, 0.25) is 5.91 Å². The van der Waals surface area contributed by atoms with E-state index < -0.39 is 0 Å². The Morgan fingerprint density at radius 3 is 2.85 bits per heavy atom. The van der Waals surface area contributed by atoms with Crippen LogP contribution in [0.3, 0.4) is 0 Å². The van der Waals surface area contributed by atoms with Gasteiger partial charge in [0.1, 0.15) is 11.8 Å². The summed E-state index contributed by atoms with van der Waals surface area (Å²) in [6.07, 6.45) is 3.03. The predicted molar refractivity (Wildman–Crippen MR) is 76.5 cm³/mol. The van der Waals surface area contributed by atoms with Crippen LogP contribution >= 0.6 is 0 Å². The van der Waals surface area contributed by atoms with Crippen molar-refractivity contribution in [2.45, 2.75) is 39.7 Å². The summed E-state index contributed by atoms with van der Waals surface area (Å²) in [4.78, 5) is 11.7. The van der Waals surface area contributed by atoms with Crippen LogP contribution in [0.5, 0.6) is 0 Å². The van der Waals surface area contributed by atoms with Gasteiger partial charge in [0, 0.05) is 18.7 Å². The van der Waals surface area contributed by atoms with Crippen LogP contribution < -0.4 is 5.32 Å². The lowest BCUT2D eigenvalue weighted by atomic mass is 10.2. The highest BCUT2D eigenvalue weighted by Crippen LogP contribution is 2.20. The normalized spacial score (nSPS) is 12.3. The average molecular weight is 275 g/mol. The molecule has 1 unspecified atom stereocenters. The second kappa shape index (κ2) is 6.41. The Hall–Kier alpha value is -2.04. The number of aromatic nitrogens is 2. The van der Waals surface area contributed by atoms with Gasteiger partial charge in [-0.3, -0.25) is 9.48 Å². The molecule has 0 aromatic carbocycles. The first kappa shape index (κ1) is 14.4. The maximum absolute atomic E-state index is 11.7. The van der Waals surface area contributed by atoms with Gasteiger partial charge in [-0.15, -0.1) is 0 Å². The molecular weight excluding hydrogens is 254 g/mol. The Kier molecular flexibility index (Phi) is 4.61. The number of aryl methyl sites for hydroxylation is 2. The summed E-state index contributed by atoms with van der Waals surface area (Å²) in [5.41, 5.74) is 2.01. The highest BCUT2D eigenvalue weighted by molar-refractivity contribution is 5.75. The zero-order valence-corrected chi connectivity index (χ0v) is 12.2. The van der Waals surface area contributed by atoms with Crippen molar-refractivity contribution in [3.63, 3.8) is 0 Å². The average Bonchev–Trinajstić information content (AvgIpc) is 3.01. The first-order valence-electron chi connectivity index (χ1n) is 6.94. The van der Waals surface area contributed by atoms with E-state index in [0.717, 1.165) is 23.6 Å². The molecule has 1 amide bonds. The van der Waals surface area contributed by atoms with Gasteiger partial charge in [0.15, 0.2) is 0 Å². The quantitative estimate of drug-likeness (QED) is 0.881. The fraction of sp³-hybridized carbons (Fsp3) is 0.467. The molecule has 0 aliphatic heterocycles. The molecule has 1 atom stereocenters. The van der Waals surface area contributed by atoms with Crippen molar-refractivity contribution >= 4 is 5.91 Å². The van der Waals surface area contributed by atoms with Crippen LogP contribution in [0.25, 0.3) is 0 Å². The van der Waals surface area contributed by atoms with E-state index >= 15 is 0 Å². The van der Waals surface area contributed by atoms with Crippen molar-refractivity contribution in [1.82, 2.24) is 15.1 Å². The lowest BCUT2D eigenvalue weighted by Crippen LogP contribution is -2.31. The standard InChI is InChI=1S/C15H21N3O2/c1-4-6-15(19)16-10-13(14-7-5-8-20-14)18-12(3)9-11(2)17-18/h5,7-9,13H,4,6,10H2,1-3H3,(H,16,19). The number of rotatable bonds is 6. The van der Waals surface area contributed by atoms with E-state index in [4.69, 9.17) is 4.42 Å². The van der Waals surface area contributed by atoms with Crippen LogP contribution in [0.4, 0.5) is 0 Å². The smallest absolute Gasteiger partial charge is 0.220 e. The number of nitrogens with one attached hydrogen (secondary N) is 1. The SMILES string of the molecule is CCCC(=O)NCC(c1ccco1)n1nc(C)cc1C. The fourth-order valence-electron chi connectivity index (χ4n) is 2.28. The second-order valence-electron chi connectivity index (χ2n) is 4.96. The number of hydrogen-bond donors (Lipinski definition) is 1. The van der Waals surface area contributed by atoms with Crippen molar-refractivity contribution < 1.29 is 9.21 Å². The first-order chi connectivity index (χ1) is 9.61. The summed E-state index contributed by atoms with van der Waals surface area (Å²) < 4.78 is 7.40. The summed E-state index contributed by atoms with van der Waals surface area (Å²) in [6, 6.07) is 5.67. The molecule has 0 saturated carbocycles. The molecule has 0 aliphatic carbocycles. The number of nitrogens with zero attached hydrogens (tertiary/aromatic N) is 2. The molecular formula is C15H21N3O2. The van der Waals surface area contributed by atoms with Gasteiger partial charge in [-0.25, -0.2) is 0 Å². The minimum atomic E-state index is -0.112. The van der Waals surface area contributed by atoms with E-state index in [1.165, 1.54) is 0 Å². The van der Waals surface area contributed by atoms with Crippen molar-refractivity contribution in [1.29, 1.82) is 0 Å². The Balaban J connectivity index is 2.18. The third-order valence-electron chi connectivity index (χ3n) is 3.18. The van der Waals surface area contributed by atoms with E-state index in [1.807, 2.05) is 43.7 Å². The Bertz CT molecular complexity index is 558. The minimum absolute atomic E-state index is 0.0607.